The fraction of sp³-hybridized carbons (Fsp3) is 0.652. The van der Waals surface area contributed by atoms with Crippen LogP contribution >= 0.6 is 0 Å². The topological polar surface area (TPSA) is 134 Å². The van der Waals surface area contributed by atoms with Crippen LogP contribution in [0.3, 0.4) is 0 Å². The number of likely N-dealkylation sites (tertiary alicyclic amines) is 1. The molecule has 2 aliphatic rings. The van der Waals surface area contributed by atoms with E-state index in [1.165, 1.54) is 19.1 Å². The van der Waals surface area contributed by atoms with Crippen LogP contribution in [-0.2, 0) is 20.9 Å². The predicted octanol–water partition coefficient (Wildman–Crippen LogP) is 0.183. The van der Waals surface area contributed by atoms with Crippen molar-refractivity contribution in [2.45, 2.75) is 38.4 Å². The zero-order valence-electron chi connectivity index (χ0n) is 19.9. The number of nitrogens with zero attached hydrogens (tertiary/aromatic N) is 4. The Labute approximate surface area is 200 Å². The van der Waals surface area contributed by atoms with Crippen molar-refractivity contribution >= 4 is 17.5 Å². The number of nitro groups is 1. The van der Waals surface area contributed by atoms with E-state index in [-0.39, 0.29) is 23.5 Å². The van der Waals surface area contributed by atoms with Gasteiger partial charge in [-0.25, -0.2) is 0 Å². The highest BCUT2D eigenvalue weighted by Crippen LogP contribution is 2.25. The molecule has 0 aromatic heterocycles. The van der Waals surface area contributed by atoms with Crippen molar-refractivity contribution in [2.24, 2.45) is 5.73 Å². The van der Waals surface area contributed by atoms with Crippen LogP contribution in [0.25, 0.3) is 0 Å². The van der Waals surface area contributed by atoms with E-state index in [0.717, 1.165) is 51.4 Å². The van der Waals surface area contributed by atoms with Gasteiger partial charge in [0.25, 0.3) is 5.69 Å². The first-order chi connectivity index (χ1) is 16.4. The SMILES string of the molecule is CC(=O)N1CCC(N(CCN2CCOCC2)Cc2ccc([N+](=O)[O-])cc2)C[C@@H]1C(=O)NCCN. The van der Waals surface area contributed by atoms with Gasteiger partial charge in [0.05, 0.1) is 18.1 Å². The second kappa shape index (κ2) is 12.7. The molecule has 2 heterocycles. The van der Waals surface area contributed by atoms with Gasteiger partial charge in [0, 0.05) is 77.5 Å². The first kappa shape index (κ1) is 26.0. The van der Waals surface area contributed by atoms with Gasteiger partial charge in [-0.15, -0.1) is 0 Å². The predicted molar refractivity (Wildman–Crippen MR) is 127 cm³/mol. The Morgan fingerprint density at radius 3 is 2.56 bits per heavy atom. The van der Waals surface area contributed by atoms with Crippen molar-refractivity contribution < 1.29 is 19.2 Å². The quantitative estimate of drug-likeness (QED) is 0.361. The summed E-state index contributed by atoms with van der Waals surface area (Å²) in [6, 6.07) is 6.19. The lowest BCUT2D eigenvalue weighted by Crippen LogP contribution is -2.57. The van der Waals surface area contributed by atoms with Crippen LogP contribution in [0.1, 0.15) is 25.3 Å². The third-order valence-corrected chi connectivity index (χ3v) is 6.58. The lowest BCUT2D eigenvalue weighted by atomic mass is 9.94. The molecule has 11 heteroatoms. The number of carbonyl (C=O) groups excluding carboxylic acids is 2. The minimum Gasteiger partial charge on any atom is -0.379 e. The van der Waals surface area contributed by atoms with E-state index in [1.54, 1.807) is 17.0 Å². The number of piperidine rings is 1. The average Bonchev–Trinajstić information content (AvgIpc) is 2.85. The Kier molecular flexibility index (Phi) is 9.75. The van der Waals surface area contributed by atoms with Crippen LogP contribution < -0.4 is 11.1 Å². The van der Waals surface area contributed by atoms with Gasteiger partial charge in [-0.2, -0.15) is 0 Å². The van der Waals surface area contributed by atoms with Crippen LogP contribution in [0.15, 0.2) is 24.3 Å². The fourth-order valence-electron chi connectivity index (χ4n) is 4.66. The van der Waals surface area contributed by atoms with E-state index in [2.05, 4.69) is 15.1 Å². The number of non-ortho nitro benzene ring substituents is 1. The summed E-state index contributed by atoms with van der Waals surface area (Å²) in [7, 11) is 0. The minimum absolute atomic E-state index is 0.0648. The van der Waals surface area contributed by atoms with Gasteiger partial charge in [0.2, 0.25) is 11.8 Å². The molecule has 2 saturated heterocycles. The molecule has 0 spiro atoms. The van der Waals surface area contributed by atoms with Crippen LogP contribution in [-0.4, -0.2) is 103 Å². The van der Waals surface area contributed by atoms with Gasteiger partial charge >= 0.3 is 0 Å². The van der Waals surface area contributed by atoms with E-state index >= 15 is 0 Å². The molecule has 0 radical (unpaired) electrons. The third-order valence-electron chi connectivity index (χ3n) is 6.58. The van der Waals surface area contributed by atoms with E-state index < -0.39 is 11.0 Å². The van der Waals surface area contributed by atoms with E-state index in [9.17, 15) is 19.7 Å². The number of ether oxygens (including phenoxy) is 1. The van der Waals surface area contributed by atoms with Gasteiger partial charge in [0.15, 0.2) is 0 Å². The number of morpholine rings is 1. The number of hydrogen-bond acceptors (Lipinski definition) is 8. The number of nitrogens with two attached hydrogens (primary N) is 1. The zero-order valence-corrected chi connectivity index (χ0v) is 19.9. The minimum atomic E-state index is -0.537. The maximum absolute atomic E-state index is 12.8. The Hall–Kier alpha value is -2.60. The van der Waals surface area contributed by atoms with Crippen LogP contribution in [0, 0.1) is 10.1 Å². The second-order valence-corrected chi connectivity index (χ2v) is 8.83. The van der Waals surface area contributed by atoms with Crippen molar-refractivity contribution in [3.63, 3.8) is 0 Å². The molecule has 2 fully saturated rings. The van der Waals surface area contributed by atoms with Crippen molar-refractivity contribution in [1.82, 2.24) is 20.0 Å². The molecule has 3 rings (SSSR count). The van der Waals surface area contributed by atoms with E-state index in [0.29, 0.717) is 32.6 Å². The largest absolute Gasteiger partial charge is 0.379 e. The molecule has 188 valence electrons. The summed E-state index contributed by atoms with van der Waals surface area (Å²) in [5, 5.41) is 13.9. The molecular weight excluding hydrogens is 440 g/mol. The molecule has 34 heavy (non-hydrogen) atoms. The highest BCUT2D eigenvalue weighted by Gasteiger charge is 2.37. The monoisotopic (exact) mass is 476 g/mol. The van der Waals surface area contributed by atoms with Crippen molar-refractivity contribution in [1.29, 1.82) is 0 Å². The van der Waals surface area contributed by atoms with Crippen LogP contribution in [0.4, 0.5) is 5.69 Å². The van der Waals surface area contributed by atoms with Crippen molar-refractivity contribution in [3.8, 4) is 0 Å². The molecule has 1 unspecified atom stereocenters. The van der Waals surface area contributed by atoms with Crippen molar-refractivity contribution in [3.05, 3.63) is 39.9 Å². The Balaban J connectivity index is 1.74. The normalized spacial score (nSPS) is 21.4. The summed E-state index contributed by atoms with van der Waals surface area (Å²) in [4.78, 5) is 42.0. The van der Waals surface area contributed by atoms with E-state index in [4.69, 9.17) is 10.5 Å². The summed E-state index contributed by atoms with van der Waals surface area (Å²) in [6.45, 7) is 8.22. The molecule has 0 bridgehead atoms. The Morgan fingerprint density at radius 1 is 1.24 bits per heavy atom. The summed E-state index contributed by atoms with van der Waals surface area (Å²) in [5.41, 5.74) is 6.59. The molecule has 1 aromatic rings. The first-order valence-corrected chi connectivity index (χ1v) is 11.9. The molecule has 0 saturated carbocycles. The molecule has 2 atom stereocenters. The maximum atomic E-state index is 12.8. The van der Waals surface area contributed by atoms with Crippen LogP contribution in [0.5, 0.6) is 0 Å². The number of benzene rings is 1. The van der Waals surface area contributed by atoms with Crippen LogP contribution in [0.2, 0.25) is 0 Å². The lowest BCUT2D eigenvalue weighted by molar-refractivity contribution is -0.384. The number of amides is 2. The first-order valence-electron chi connectivity index (χ1n) is 11.9. The summed E-state index contributed by atoms with van der Waals surface area (Å²) >= 11 is 0. The van der Waals surface area contributed by atoms with Gasteiger partial charge in [-0.1, -0.05) is 12.1 Å². The summed E-state index contributed by atoms with van der Waals surface area (Å²) in [5.74, 6) is -0.282. The Morgan fingerprint density at radius 2 is 1.94 bits per heavy atom. The Bertz CT molecular complexity index is 830. The molecule has 11 nitrogen and oxygen atoms in total. The molecule has 0 aliphatic carbocycles. The smallest absolute Gasteiger partial charge is 0.269 e. The molecule has 1 aromatic carbocycles. The fourth-order valence-corrected chi connectivity index (χ4v) is 4.66. The summed E-state index contributed by atoms with van der Waals surface area (Å²) < 4.78 is 5.45. The van der Waals surface area contributed by atoms with E-state index in [1.807, 2.05) is 0 Å². The molecule has 2 amide bonds. The number of rotatable bonds is 10. The number of carbonyl (C=O) groups is 2. The summed E-state index contributed by atoms with van der Waals surface area (Å²) in [6.07, 6.45) is 1.29. The molecule has 2 aliphatic heterocycles. The average molecular weight is 477 g/mol. The number of nitro benzene ring substituents is 1. The standard InChI is InChI=1S/C23H36N6O5/c1-18(30)28-9-6-21(16-22(28)23(31)25-8-7-24)27(11-10-26-12-14-34-15-13-26)17-19-2-4-20(5-3-19)29(32)33/h2-5,21-22H,6-17,24H2,1H3,(H,25,31)/t21?,22-/m1/s1. The second-order valence-electron chi connectivity index (χ2n) is 8.83. The highest BCUT2D eigenvalue weighted by atomic mass is 16.6. The molecule has 3 N–H and O–H groups in total. The number of hydrogen-bond donors (Lipinski definition) is 2. The molecular formula is C23H36N6O5. The van der Waals surface area contributed by atoms with Gasteiger partial charge in [-0.3, -0.25) is 29.5 Å². The lowest BCUT2D eigenvalue weighted by Gasteiger charge is -2.43. The third kappa shape index (κ3) is 7.20. The maximum Gasteiger partial charge on any atom is 0.269 e. The van der Waals surface area contributed by atoms with Crippen molar-refractivity contribution in [2.75, 3.05) is 59.0 Å². The number of nitrogens with one attached hydrogen (secondary N) is 1. The van der Waals surface area contributed by atoms with Gasteiger partial charge in [-0.05, 0) is 18.4 Å². The zero-order chi connectivity index (χ0) is 24.5. The van der Waals surface area contributed by atoms with Gasteiger partial charge in [0.1, 0.15) is 6.04 Å². The van der Waals surface area contributed by atoms with Gasteiger partial charge < -0.3 is 20.7 Å². The highest BCUT2D eigenvalue weighted by molar-refractivity contribution is 5.87.